The molecule has 2 fully saturated rings. The third kappa shape index (κ3) is 3.81. The van der Waals surface area contributed by atoms with Gasteiger partial charge in [-0.25, -0.2) is 4.39 Å². The number of fused-ring (bicyclic) bond motifs is 2. The Balaban J connectivity index is 1.53. The van der Waals surface area contributed by atoms with E-state index in [2.05, 4.69) is 17.4 Å². The van der Waals surface area contributed by atoms with Gasteiger partial charge in [0.1, 0.15) is 11.9 Å². The van der Waals surface area contributed by atoms with Gasteiger partial charge >= 0.3 is 5.97 Å². The van der Waals surface area contributed by atoms with Crippen LogP contribution in [0.5, 0.6) is 0 Å². The molecule has 4 rings (SSSR count). The lowest BCUT2D eigenvalue weighted by atomic mass is 9.76. The molecule has 2 heterocycles. The van der Waals surface area contributed by atoms with Gasteiger partial charge in [-0.15, -0.1) is 0 Å². The number of carbonyl (C=O) groups is 1. The lowest BCUT2D eigenvalue weighted by molar-refractivity contribution is -0.151. The second kappa shape index (κ2) is 7.49. The molecule has 0 radical (unpaired) electrons. The summed E-state index contributed by atoms with van der Waals surface area (Å²) in [6.45, 7) is 1.42. The molecule has 3 nitrogen and oxygen atoms in total. The molecule has 0 amide bonds. The summed E-state index contributed by atoms with van der Waals surface area (Å²) >= 11 is 5.98. The van der Waals surface area contributed by atoms with Crippen LogP contribution in [-0.2, 0) is 16.0 Å². The summed E-state index contributed by atoms with van der Waals surface area (Å²) in [4.78, 5) is 11.8. The van der Waals surface area contributed by atoms with Crippen LogP contribution in [0.15, 0.2) is 48.5 Å². The number of benzene rings is 2. The Morgan fingerprint density at radius 1 is 1.18 bits per heavy atom. The number of aryl methyl sites for hydroxylation is 1. The molecule has 5 heteroatoms. The van der Waals surface area contributed by atoms with E-state index in [0.29, 0.717) is 0 Å². The highest BCUT2D eigenvalue weighted by molar-refractivity contribution is 6.30. The third-order valence-electron chi connectivity index (χ3n) is 6.36. The van der Waals surface area contributed by atoms with E-state index in [4.69, 9.17) is 16.3 Å². The molecule has 0 aliphatic carbocycles. The first-order chi connectivity index (χ1) is 13.4. The summed E-state index contributed by atoms with van der Waals surface area (Å²) < 4.78 is 19.6. The van der Waals surface area contributed by atoms with E-state index in [-0.39, 0.29) is 22.9 Å². The van der Waals surface area contributed by atoms with Crippen LogP contribution < -0.4 is 5.32 Å². The van der Waals surface area contributed by atoms with Crippen molar-refractivity contribution in [2.45, 2.75) is 62.6 Å². The van der Waals surface area contributed by atoms with E-state index in [1.807, 2.05) is 18.2 Å². The van der Waals surface area contributed by atoms with Gasteiger partial charge in [-0.2, -0.15) is 0 Å². The molecule has 2 aliphatic heterocycles. The number of esters is 1. The molecule has 0 aromatic heterocycles. The zero-order valence-electron chi connectivity index (χ0n) is 16.0. The van der Waals surface area contributed by atoms with Gasteiger partial charge in [-0.05, 0) is 73.9 Å². The number of carbonyl (C=O) groups excluding carboxylic acids is 1. The number of halogens is 2. The van der Waals surface area contributed by atoms with Crippen LogP contribution in [0, 0.1) is 5.82 Å². The van der Waals surface area contributed by atoms with Gasteiger partial charge in [-0.3, -0.25) is 4.79 Å². The average molecular weight is 402 g/mol. The second-order valence-electron chi connectivity index (χ2n) is 8.23. The largest absolute Gasteiger partial charge is 0.456 e. The quantitative estimate of drug-likeness (QED) is 0.661. The van der Waals surface area contributed by atoms with Crippen LogP contribution >= 0.6 is 11.6 Å². The summed E-state index contributed by atoms with van der Waals surface area (Å²) in [7, 11) is 0. The summed E-state index contributed by atoms with van der Waals surface area (Å²) in [6.07, 6.45) is 5.43. The van der Waals surface area contributed by atoms with Gasteiger partial charge in [0.2, 0.25) is 0 Å². The molecule has 2 aromatic rings. The highest BCUT2D eigenvalue weighted by Crippen LogP contribution is 2.53. The van der Waals surface area contributed by atoms with E-state index in [9.17, 15) is 9.18 Å². The van der Waals surface area contributed by atoms with E-state index in [1.54, 1.807) is 6.07 Å². The summed E-state index contributed by atoms with van der Waals surface area (Å²) in [5.41, 5.74) is 1.72. The van der Waals surface area contributed by atoms with Crippen molar-refractivity contribution in [1.29, 1.82) is 0 Å². The fraction of sp³-hybridized carbons (Fsp3) is 0.435. The third-order valence-corrected chi connectivity index (χ3v) is 6.61. The van der Waals surface area contributed by atoms with Crippen molar-refractivity contribution in [1.82, 2.24) is 5.32 Å². The lowest BCUT2D eigenvalue weighted by Crippen LogP contribution is -2.47. The predicted molar refractivity (Wildman–Crippen MR) is 108 cm³/mol. The SMILES string of the molecule is CC(=O)O[C@H](c1cccc(F)c1)C12CCC(CCc3ccc(Cl)cc3)(CC1)N2. The Kier molecular flexibility index (Phi) is 5.19. The maximum atomic E-state index is 13.8. The van der Waals surface area contributed by atoms with E-state index < -0.39 is 6.10 Å². The van der Waals surface area contributed by atoms with Crippen LogP contribution in [0.2, 0.25) is 5.02 Å². The van der Waals surface area contributed by atoms with Crippen LogP contribution in [0.3, 0.4) is 0 Å². The minimum atomic E-state index is -0.472. The molecule has 0 spiro atoms. The molecule has 148 valence electrons. The van der Waals surface area contributed by atoms with E-state index in [1.165, 1.54) is 24.6 Å². The molecular formula is C23H25ClFNO2. The zero-order valence-corrected chi connectivity index (χ0v) is 16.8. The summed E-state index contributed by atoms with van der Waals surface area (Å²) in [5, 5.41) is 4.58. The normalized spacial score (nSPS) is 27.0. The minimum absolute atomic E-state index is 0.0470. The number of rotatable bonds is 6. The van der Waals surface area contributed by atoms with Crippen LogP contribution in [0.25, 0.3) is 0 Å². The van der Waals surface area contributed by atoms with E-state index in [0.717, 1.165) is 49.1 Å². The van der Waals surface area contributed by atoms with Gasteiger partial charge in [-0.1, -0.05) is 35.9 Å². The van der Waals surface area contributed by atoms with Crippen LogP contribution in [0.1, 0.15) is 56.3 Å². The average Bonchev–Trinajstić information content (AvgIpc) is 3.23. The second-order valence-corrected chi connectivity index (χ2v) is 8.67. The molecular weight excluding hydrogens is 377 g/mol. The maximum absolute atomic E-state index is 13.8. The molecule has 0 saturated carbocycles. The molecule has 2 aliphatic rings. The standard InChI is InChI=1S/C23H25ClFNO2/c1-16(27)28-21(18-3-2-4-20(25)15-18)23-13-11-22(26-23,12-14-23)10-9-17-5-7-19(24)8-6-17/h2-8,15,21,26H,9-14H2,1H3/t21-,22?,23?/m1/s1. The highest BCUT2D eigenvalue weighted by Gasteiger charge is 2.58. The molecule has 28 heavy (non-hydrogen) atoms. The van der Waals surface area contributed by atoms with Crippen LogP contribution in [-0.4, -0.2) is 17.0 Å². The first-order valence-corrected chi connectivity index (χ1v) is 10.2. The fourth-order valence-corrected chi connectivity index (χ4v) is 5.09. The van der Waals surface area contributed by atoms with Crippen molar-refractivity contribution in [3.8, 4) is 0 Å². The smallest absolute Gasteiger partial charge is 0.303 e. The van der Waals surface area contributed by atoms with Crippen molar-refractivity contribution in [3.63, 3.8) is 0 Å². The van der Waals surface area contributed by atoms with Crippen molar-refractivity contribution in [2.24, 2.45) is 0 Å². The van der Waals surface area contributed by atoms with E-state index >= 15 is 0 Å². The van der Waals surface area contributed by atoms with Gasteiger partial charge < -0.3 is 10.1 Å². The molecule has 2 aromatic carbocycles. The Hall–Kier alpha value is -1.91. The Bertz CT molecular complexity index is 859. The van der Waals surface area contributed by atoms with Gasteiger partial charge in [0.15, 0.2) is 0 Å². The molecule has 2 bridgehead atoms. The number of hydrogen-bond acceptors (Lipinski definition) is 3. The number of nitrogens with one attached hydrogen (secondary N) is 1. The highest BCUT2D eigenvalue weighted by atomic mass is 35.5. The molecule has 1 atom stereocenters. The lowest BCUT2D eigenvalue weighted by Gasteiger charge is -2.35. The van der Waals surface area contributed by atoms with Crippen LogP contribution in [0.4, 0.5) is 4.39 Å². The molecule has 1 N–H and O–H groups in total. The fourth-order valence-electron chi connectivity index (χ4n) is 4.96. The Morgan fingerprint density at radius 2 is 1.89 bits per heavy atom. The molecule has 0 unspecified atom stereocenters. The van der Waals surface area contributed by atoms with Gasteiger partial charge in [0.05, 0.1) is 5.54 Å². The topological polar surface area (TPSA) is 38.3 Å². The first-order valence-electron chi connectivity index (χ1n) is 9.86. The summed E-state index contributed by atoms with van der Waals surface area (Å²) in [6, 6.07) is 14.4. The predicted octanol–water partition coefficient (Wildman–Crippen LogP) is 5.37. The van der Waals surface area contributed by atoms with Crippen molar-refractivity contribution in [3.05, 3.63) is 70.5 Å². The number of ether oxygens (including phenoxy) is 1. The Morgan fingerprint density at radius 3 is 2.54 bits per heavy atom. The minimum Gasteiger partial charge on any atom is -0.456 e. The Labute approximate surface area is 170 Å². The monoisotopic (exact) mass is 401 g/mol. The summed E-state index contributed by atoms with van der Waals surface area (Å²) in [5.74, 6) is -0.646. The van der Waals surface area contributed by atoms with Crippen molar-refractivity contribution in [2.75, 3.05) is 0 Å². The van der Waals surface area contributed by atoms with Gasteiger partial charge in [0, 0.05) is 17.5 Å². The maximum Gasteiger partial charge on any atom is 0.303 e. The van der Waals surface area contributed by atoms with Gasteiger partial charge in [0.25, 0.3) is 0 Å². The first kappa shape index (κ1) is 19.4. The molecule has 2 saturated heterocycles. The van der Waals surface area contributed by atoms with Crippen molar-refractivity contribution >= 4 is 17.6 Å². The number of hydrogen-bond donors (Lipinski definition) is 1. The van der Waals surface area contributed by atoms with Crippen molar-refractivity contribution < 1.29 is 13.9 Å². The zero-order chi connectivity index (χ0) is 19.8.